The molecule has 0 aromatic heterocycles. The maximum Gasteiger partial charge on any atom is 0.312 e. The molecule has 0 spiro atoms. The van der Waals surface area contributed by atoms with Gasteiger partial charge in [0.05, 0.1) is 5.71 Å². The Balaban J connectivity index is 1.54. The lowest BCUT2D eigenvalue weighted by molar-refractivity contribution is -0.127. The van der Waals surface area contributed by atoms with Gasteiger partial charge in [-0.1, -0.05) is 23.7 Å². The first-order valence-corrected chi connectivity index (χ1v) is 9.44. The predicted octanol–water partition coefficient (Wildman–Crippen LogP) is 3.56. The number of amides is 2. The maximum absolute atomic E-state index is 12.6. The molecule has 2 aliphatic heterocycles. The highest BCUT2D eigenvalue weighted by atomic mass is 35.5. The molecule has 1 saturated heterocycles. The minimum absolute atomic E-state index is 0.0120. The monoisotopic (exact) mass is 382 g/mol. The van der Waals surface area contributed by atoms with Crippen molar-refractivity contribution in [2.45, 2.75) is 25.4 Å². The number of hydrogen-bond acceptors (Lipinski definition) is 3. The lowest BCUT2D eigenvalue weighted by atomic mass is 9.99. The lowest BCUT2D eigenvalue weighted by Gasteiger charge is -2.29. The van der Waals surface area contributed by atoms with E-state index in [0.717, 1.165) is 31.5 Å². The number of benzene rings is 1. The zero-order valence-corrected chi connectivity index (χ0v) is 15.5. The number of likely N-dealkylation sites (tertiary alicyclic amines) is 1. The topological polar surface area (TPSA) is 59.0 Å². The van der Waals surface area contributed by atoms with Crippen LogP contribution in [0, 0.1) is 0 Å². The quantitative estimate of drug-likeness (QED) is 0.735. The molecule has 0 N–H and O–H groups in total. The number of piperidine rings is 1. The van der Waals surface area contributed by atoms with Crippen molar-refractivity contribution < 1.29 is 14.3 Å². The molecule has 0 bridgehead atoms. The summed E-state index contributed by atoms with van der Waals surface area (Å²) in [6.45, 7) is 1.56. The van der Waals surface area contributed by atoms with Crippen molar-refractivity contribution in [3.63, 3.8) is 0 Å². The predicted molar refractivity (Wildman–Crippen MR) is 104 cm³/mol. The number of hydrogen-bond donors (Lipinski definition) is 0. The number of nitrogens with zero attached hydrogens (tertiary/aromatic N) is 2. The van der Waals surface area contributed by atoms with E-state index >= 15 is 0 Å². The van der Waals surface area contributed by atoms with Gasteiger partial charge in [0.2, 0.25) is 0 Å². The van der Waals surface area contributed by atoms with Crippen molar-refractivity contribution in [3.05, 3.63) is 64.4 Å². The Hall–Kier alpha value is -2.66. The molecule has 6 heteroatoms. The molecule has 1 aliphatic carbocycles. The number of rotatable bonds is 2. The van der Waals surface area contributed by atoms with Crippen LogP contribution in [0.1, 0.15) is 24.8 Å². The zero-order valence-electron chi connectivity index (χ0n) is 14.7. The van der Waals surface area contributed by atoms with Gasteiger partial charge in [0.15, 0.2) is 11.9 Å². The number of ether oxygens (including phenoxy) is 1. The van der Waals surface area contributed by atoms with Gasteiger partial charge in [0.1, 0.15) is 0 Å². The van der Waals surface area contributed by atoms with Crippen molar-refractivity contribution in [2.75, 3.05) is 13.1 Å². The number of halogens is 1. The van der Waals surface area contributed by atoms with Gasteiger partial charge in [0, 0.05) is 23.7 Å². The fourth-order valence-electron chi connectivity index (χ4n) is 3.35. The van der Waals surface area contributed by atoms with Gasteiger partial charge >= 0.3 is 5.91 Å². The van der Waals surface area contributed by atoms with Crippen LogP contribution in [0.25, 0.3) is 6.08 Å². The second kappa shape index (κ2) is 7.53. The Morgan fingerprint density at radius 2 is 1.93 bits per heavy atom. The highest BCUT2D eigenvalue weighted by Gasteiger charge is 2.30. The van der Waals surface area contributed by atoms with E-state index < -0.39 is 12.0 Å². The molecule has 1 aromatic rings. The molecular weight excluding hydrogens is 364 g/mol. The first-order chi connectivity index (χ1) is 13.1. The SMILES string of the molecule is O=C1N=C2C=C(C(=O)N3CCCCC3)C=CC2O/C1=C/c1ccc(Cl)cc1. The molecule has 1 unspecified atom stereocenters. The summed E-state index contributed by atoms with van der Waals surface area (Å²) in [7, 11) is 0. The molecule has 1 fully saturated rings. The van der Waals surface area contributed by atoms with Crippen molar-refractivity contribution >= 4 is 35.2 Å². The summed E-state index contributed by atoms with van der Waals surface area (Å²) in [6, 6.07) is 7.10. The molecule has 0 radical (unpaired) electrons. The van der Waals surface area contributed by atoms with Crippen LogP contribution in [0.2, 0.25) is 5.02 Å². The molecule has 3 aliphatic rings. The largest absolute Gasteiger partial charge is 0.474 e. The third-order valence-electron chi connectivity index (χ3n) is 4.80. The molecule has 1 atom stereocenters. The Labute approximate surface area is 162 Å². The van der Waals surface area contributed by atoms with Crippen molar-refractivity contribution in [1.82, 2.24) is 4.90 Å². The Bertz CT molecular complexity index is 891. The average Bonchev–Trinajstić information content (AvgIpc) is 2.70. The van der Waals surface area contributed by atoms with Crippen LogP contribution in [-0.4, -0.2) is 41.6 Å². The van der Waals surface area contributed by atoms with Crippen LogP contribution in [0.4, 0.5) is 0 Å². The Morgan fingerprint density at radius 3 is 2.67 bits per heavy atom. The van der Waals surface area contributed by atoms with E-state index in [1.54, 1.807) is 48.6 Å². The first-order valence-electron chi connectivity index (χ1n) is 9.06. The van der Waals surface area contributed by atoms with Gasteiger partial charge in [-0.3, -0.25) is 9.59 Å². The molecule has 0 saturated carbocycles. The van der Waals surface area contributed by atoms with Gasteiger partial charge in [-0.05, 0) is 61.3 Å². The van der Waals surface area contributed by atoms with Crippen LogP contribution in [0.15, 0.2) is 58.8 Å². The van der Waals surface area contributed by atoms with E-state index in [2.05, 4.69) is 4.99 Å². The molecule has 5 nitrogen and oxygen atoms in total. The minimum Gasteiger partial charge on any atom is -0.474 e. The molecule has 138 valence electrons. The summed E-state index contributed by atoms with van der Waals surface area (Å²) in [5, 5.41) is 0.625. The summed E-state index contributed by atoms with van der Waals surface area (Å²) in [5.41, 5.74) is 1.82. The van der Waals surface area contributed by atoms with Crippen LogP contribution >= 0.6 is 11.6 Å². The van der Waals surface area contributed by atoms with Crippen molar-refractivity contribution in [3.8, 4) is 0 Å². The standard InChI is InChI=1S/C21H19ClN2O3/c22-16-7-4-14(5-8-16)12-19-20(25)23-17-13-15(6-9-18(17)27-19)21(26)24-10-2-1-3-11-24/h4-9,12-13,18H,1-3,10-11H2/b19-12+. The average molecular weight is 383 g/mol. The van der Waals surface area contributed by atoms with E-state index in [-0.39, 0.29) is 11.7 Å². The number of carbonyl (C=O) groups is 2. The summed E-state index contributed by atoms with van der Waals surface area (Å²) in [4.78, 5) is 31.0. The van der Waals surface area contributed by atoms with E-state index in [4.69, 9.17) is 16.3 Å². The molecule has 27 heavy (non-hydrogen) atoms. The summed E-state index contributed by atoms with van der Waals surface area (Å²) < 4.78 is 5.80. The molecular formula is C21H19ClN2O3. The maximum atomic E-state index is 12.6. The van der Waals surface area contributed by atoms with Gasteiger partial charge < -0.3 is 9.64 Å². The number of aliphatic imine (C=N–C) groups is 1. The van der Waals surface area contributed by atoms with Crippen LogP contribution in [0.5, 0.6) is 0 Å². The Morgan fingerprint density at radius 1 is 1.19 bits per heavy atom. The molecule has 2 amide bonds. The zero-order chi connectivity index (χ0) is 18.8. The van der Waals surface area contributed by atoms with Crippen molar-refractivity contribution in [1.29, 1.82) is 0 Å². The smallest absolute Gasteiger partial charge is 0.312 e. The molecule has 2 heterocycles. The second-order valence-electron chi connectivity index (χ2n) is 6.75. The summed E-state index contributed by atoms with van der Waals surface area (Å²) >= 11 is 5.88. The molecule has 1 aromatic carbocycles. The minimum atomic E-state index is -0.459. The third-order valence-corrected chi connectivity index (χ3v) is 5.05. The van der Waals surface area contributed by atoms with Crippen molar-refractivity contribution in [2.24, 2.45) is 4.99 Å². The number of carbonyl (C=O) groups excluding carboxylic acids is 2. The van der Waals surface area contributed by atoms with E-state index in [0.29, 0.717) is 16.3 Å². The lowest BCUT2D eigenvalue weighted by Crippen LogP contribution is -2.38. The summed E-state index contributed by atoms with van der Waals surface area (Å²) in [5.74, 6) is -0.287. The van der Waals surface area contributed by atoms with Gasteiger partial charge in [-0.25, -0.2) is 4.99 Å². The molecule has 4 rings (SSSR count). The third kappa shape index (κ3) is 3.88. The van der Waals surface area contributed by atoms with E-state index in [9.17, 15) is 9.59 Å². The summed E-state index contributed by atoms with van der Waals surface area (Å²) in [6.07, 6.45) is 9.62. The Kier molecular flexibility index (Phi) is 4.94. The highest BCUT2D eigenvalue weighted by Crippen LogP contribution is 2.24. The van der Waals surface area contributed by atoms with E-state index in [1.807, 2.05) is 4.90 Å². The first kappa shape index (κ1) is 17.7. The van der Waals surface area contributed by atoms with Gasteiger partial charge in [0.25, 0.3) is 5.91 Å². The normalized spacial score (nSPS) is 23.4. The fraction of sp³-hybridized carbons (Fsp3) is 0.286. The number of fused-ring (bicyclic) bond motifs is 1. The second-order valence-corrected chi connectivity index (χ2v) is 7.19. The van der Waals surface area contributed by atoms with Crippen LogP contribution in [-0.2, 0) is 14.3 Å². The van der Waals surface area contributed by atoms with E-state index in [1.165, 1.54) is 6.42 Å². The van der Waals surface area contributed by atoms with Crippen LogP contribution in [0.3, 0.4) is 0 Å². The van der Waals surface area contributed by atoms with Crippen LogP contribution < -0.4 is 0 Å². The highest BCUT2D eigenvalue weighted by molar-refractivity contribution is 6.30. The van der Waals surface area contributed by atoms with Gasteiger partial charge in [-0.2, -0.15) is 0 Å². The van der Waals surface area contributed by atoms with Gasteiger partial charge in [-0.15, -0.1) is 0 Å². The fourth-order valence-corrected chi connectivity index (χ4v) is 3.48.